The van der Waals surface area contributed by atoms with E-state index in [1.165, 1.54) is 30.3 Å². The number of hydrogen-bond donors (Lipinski definition) is 3. The number of aromatic nitrogens is 2. The summed E-state index contributed by atoms with van der Waals surface area (Å²) in [6.45, 7) is 0. The Bertz CT molecular complexity index is 1080. The molecular weight excluding hydrogens is 418 g/mol. The van der Waals surface area contributed by atoms with Crippen molar-refractivity contribution in [1.82, 2.24) is 10.2 Å². The lowest BCUT2D eigenvalue weighted by Gasteiger charge is -2.09. The number of carbonyl (C=O) groups excluding carboxylic acids is 1. The number of rotatable bonds is 5. The zero-order valence-electron chi connectivity index (χ0n) is 13.3. The average molecular weight is 429 g/mol. The molecule has 0 saturated heterocycles. The third-order valence-electron chi connectivity index (χ3n) is 3.33. The van der Waals surface area contributed by atoms with Crippen LogP contribution in [-0.4, -0.2) is 24.5 Å². The Morgan fingerprint density at radius 3 is 2.30 bits per heavy atom. The van der Waals surface area contributed by atoms with Crippen LogP contribution in [0.4, 0.5) is 15.8 Å². The fourth-order valence-electron chi connectivity index (χ4n) is 2.19. The van der Waals surface area contributed by atoms with Crippen LogP contribution in [0, 0.1) is 5.82 Å². The van der Waals surface area contributed by atoms with Gasteiger partial charge in [-0.1, -0.05) is 23.2 Å². The van der Waals surface area contributed by atoms with Crippen LogP contribution in [0.15, 0.2) is 53.7 Å². The van der Waals surface area contributed by atoms with Crippen LogP contribution in [-0.2, 0) is 10.0 Å². The number of H-pyrrole nitrogens is 1. The Hall–Kier alpha value is -2.62. The molecule has 3 aromatic rings. The fourth-order valence-corrected chi connectivity index (χ4v) is 3.87. The molecule has 0 aliphatic carbocycles. The van der Waals surface area contributed by atoms with Crippen molar-refractivity contribution in [2.45, 2.75) is 5.03 Å². The molecule has 2 aromatic carbocycles. The highest BCUT2D eigenvalue weighted by molar-refractivity contribution is 7.92. The number of nitrogens with one attached hydrogen (secondary N) is 3. The molecule has 0 fully saturated rings. The Morgan fingerprint density at radius 2 is 1.67 bits per heavy atom. The van der Waals surface area contributed by atoms with E-state index in [-0.39, 0.29) is 16.9 Å². The minimum Gasteiger partial charge on any atom is -0.322 e. The number of sulfonamides is 1. The van der Waals surface area contributed by atoms with Gasteiger partial charge in [-0.15, -0.1) is 0 Å². The van der Waals surface area contributed by atoms with Crippen LogP contribution in [0.5, 0.6) is 0 Å². The number of carbonyl (C=O) groups is 1. The molecule has 1 aromatic heterocycles. The molecule has 0 bridgehead atoms. The molecule has 0 saturated carbocycles. The number of benzene rings is 2. The van der Waals surface area contributed by atoms with Crippen molar-refractivity contribution in [2.24, 2.45) is 0 Å². The van der Waals surface area contributed by atoms with Gasteiger partial charge in [-0.05, 0) is 42.5 Å². The molecule has 0 aliphatic rings. The number of nitrogens with zero attached hydrogens (tertiary/aromatic N) is 1. The summed E-state index contributed by atoms with van der Waals surface area (Å²) in [5.74, 6) is -1.25. The zero-order chi connectivity index (χ0) is 19.6. The van der Waals surface area contributed by atoms with E-state index in [4.69, 9.17) is 23.2 Å². The molecule has 3 N–H and O–H groups in total. The van der Waals surface area contributed by atoms with Gasteiger partial charge in [0.2, 0.25) is 0 Å². The number of anilines is 2. The maximum absolute atomic E-state index is 13.0. The summed E-state index contributed by atoms with van der Waals surface area (Å²) >= 11 is 11.8. The second-order valence-electron chi connectivity index (χ2n) is 5.34. The van der Waals surface area contributed by atoms with E-state index in [2.05, 4.69) is 20.2 Å². The standard InChI is InChI=1S/C16H11Cl2FN4O3S/c17-9-5-10(18)7-13(6-9)21-15(24)14-8-20-22-16(14)27(25,26)23-12-3-1-11(19)2-4-12/h1-8,23H,(H,20,22)(H,21,24). The first kappa shape index (κ1) is 19.2. The molecule has 3 rings (SSSR count). The quantitative estimate of drug-likeness (QED) is 0.572. The molecule has 1 amide bonds. The van der Waals surface area contributed by atoms with Crippen molar-refractivity contribution in [1.29, 1.82) is 0 Å². The van der Waals surface area contributed by atoms with E-state index >= 15 is 0 Å². The SMILES string of the molecule is O=C(Nc1cc(Cl)cc(Cl)c1)c1cn[nH]c1S(=O)(=O)Nc1ccc(F)cc1. The van der Waals surface area contributed by atoms with Crippen molar-refractivity contribution < 1.29 is 17.6 Å². The van der Waals surface area contributed by atoms with Crippen LogP contribution < -0.4 is 10.0 Å². The van der Waals surface area contributed by atoms with Gasteiger partial charge in [0, 0.05) is 21.4 Å². The minimum atomic E-state index is -4.17. The summed E-state index contributed by atoms with van der Waals surface area (Å²) in [6, 6.07) is 9.09. The van der Waals surface area contributed by atoms with Crippen LogP contribution >= 0.6 is 23.2 Å². The smallest absolute Gasteiger partial charge is 0.279 e. The molecular formula is C16H11Cl2FN4O3S. The Labute approximate surface area is 163 Å². The van der Waals surface area contributed by atoms with Crippen molar-refractivity contribution in [3.8, 4) is 0 Å². The fraction of sp³-hybridized carbons (Fsp3) is 0. The van der Waals surface area contributed by atoms with Crippen molar-refractivity contribution in [3.63, 3.8) is 0 Å². The molecule has 0 spiro atoms. The molecule has 0 radical (unpaired) electrons. The van der Waals surface area contributed by atoms with E-state index in [1.54, 1.807) is 0 Å². The molecule has 140 valence electrons. The summed E-state index contributed by atoms with van der Waals surface area (Å²) in [6.07, 6.45) is 1.07. The second-order valence-corrected chi connectivity index (χ2v) is 7.83. The highest BCUT2D eigenvalue weighted by atomic mass is 35.5. The van der Waals surface area contributed by atoms with Gasteiger partial charge in [-0.25, -0.2) is 4.39 Å². The number of hydrogen-bond acceptors (Lipinski definition) is 4. The maximum atomic E-state index is 13.0. The molecule has 0 aliphatic heterocycles. The summed E-state index contributed by atoms with van der Waals surface area (Å²) < 4.78 is 40.3. The van der Waals surface area contributed by atoms with Crippen LogP contribution in [0.2, 0.25) is 10.0 Å². The number of halogens is 3. The van der Waals surface area contributed by atoms with E-state index in [0.29, 0.717) is 10.0 Å². The van der Waals surface area contributed by atoms with E-state index < -0.39 is 26.8 Å². The van der Waals surface area contributed by atoms with Gasteiger partial charge in [-0.3, -0.25) is 14.6 Å². The normalized spacial score (nSPS) is 11.2. The van der Waals surface area contributed by atoms with Gasteiger partial charge in [0.15, 0.2) is 5.03 Å². The molecule has 1 heterocycles. The monoisotopic (exact) mass is 428 g/mol. The minimum absolute atomic E-state index is 0.124. The highest BCUT2D eigenvalue weighted by Gasteiger charge is 2.25. The van der Waals surface area contributed by atoms with Gasteiger partial charge in [0.25, 0.3) is 15.9 Å². The van der Waals surface area contributed by atoms with Crippen LogP contribution in [0.3, 0.4) is 0 Å². The summed E-state index contributed by atoms with van der Waals surface area (Å²) in [7, 11) is -4.17. The van der Waals surface area contributed by atoms with Crippen molar-refractivity contribution >= 4 is 50.5 Å². The average Bonchev–Trinajstić information content (AvgIpc) is 3.06. The van der Waals surface area contributed by atoms with Crippen molar-refractivity contribution in [3.05, 3.63) is 70.1 Å². The van der Waals surface area contributed by atoms with Crippen LogP contribution in [0.1, 0.15) is 10.4 Å². The predicted octanol–water partition coefficient (Wildman–Crippen LogP) is 3.91. The Balaban J connectivity index is 1.85. The summed E-state index contributed by atoms with van der Waals surface area (Å²) in [4.78, 5) is 12.5. The van der Waals surface area contributed by atoms with E-state index in [9.17, 15) is 17.6 Å². The van der Waals surface area contributed by atoms with E-state index in [0.717, 1.165) is 18.3 Å². The Kier molecular flexibility index (Phi) is 5.36. The molecule has 0 atom stereocenters. The summed E-state index contributed by atoms with van der Waals surface area (Å²) in [5.41, 5.74) is 0.188. The first-order valence-electron chi connectivity index (χ1n) is 7.34. The van der Waals surface area contributed by atoms with Gasteiger partial charge in [0.05, 0.1) is 11.8 Å². The third kappa shape index (κ3) is 4.57. The first-order valence-corrected chi connectivity index (χ1v) is 9.58. The molecule has 27 heavy (non-hydrogen) atoms. The summed E-state index contributed by atoms with van der Waals surface area (Å²) in [5, 5.41) is 8.56. The van der Waals surface area contributed by atoms with Crippen molar-refractivity contribution in [2.75, 3.05) is 10.0 Å². The lowest BCUT2D eigenvalue weighted by Crippen LogP contribution is -2.19. The van der Waals surface area contributed by atoms with Gasteiger partial charge < -0.3 is 5.32 Å². The highest BCUT2D eigenvalue weighted by Crippen LogP contribution is 2.24. The Morgan fingerprint density at radius 1 is 1.04 bits per heavy atom. The largest absolute Gasteiger partial charge is 0.322 e. The lowest BCUT2D eigenvalue weighted by molar-refractivity contribution is 0.102. The number of amides is 1. The van der Waals surface area contributed by atoms with Crippen LogP contribution in [0.25, 0.3) is 0 Å². The number of aromatic amines is 1. The lowest BCUT2D eigenvalue weighted by atomic mass is 10.3. The zero-order valence-corrected chi connectivity index (χ0v) is 15.7. The molecule has 0 unspecified atom stereocenters. The predicted molar refractivity (Wildman–Crippen MR) is 100 cm³/mol. The van der Waals surface area contributed by atoms with E-state index in [1.807, 2.05) is 0 Å². The van der Waals surface area contributed by atoms with Gasteiger partial charge in [0.1, 0.15) is 5.82 Å². The third-order valence-corrected chi connectivity index (χ3v) is 5.12. The maximum Gasteiger partial charge on any atom is 0.279 e. The topological polar surface area (TPSA) is 104 Å². The molecule has 7 nitrogen and oxygen atoms in total. The van der Waals surface area contributed by atoms with Gasteiger partial charge >= 0.3 is 0 Å². The first-order chi connectivity index (χ1) is 12.7. The second kappa shape index (κ2) is 7.55. The molecule has 11 heteroatoms. The van der Waals surface area contributed by atoms with Gasteiger partial charge in [-0.2, -0.15) is 13.5 Å².